The van der Waals surface area contributed by atoms with Crippen LogP contribution in [0.5, 0.6) is 0 Å². The summed E-state index contributed by atoms with van der Waals surface area (Å²) >= 11 is 0. The van der Waals surface area contributed by atoms with Crippen LogP contribution in [-0.4, -0.2) is 42.6 Å². The summed E-state index contributed by atoms with van der Waals surface area (Å²) in [6.45, 7) is 1.56. The van der Waals surface area contributed by atoms with E-state index in [2.05, 4.69) is 0 Å². The Kier molecular flexibility index (Phi) is 7.53. The molecule has 0 radical (unpaired) electrons. The number of hydrogen-bond acceptors (Lipinski definition) is 3. The van der Waals surface area contributed by atoms with Crippen LogP contribution < -0.4 is 10.6 Å². The van der Waals surface area contributed by atoms with Crippen LogP contribution in [0.3, 0.4) is 0 Å². The lowest BCUT2D eigenvalue weighted by Crippen LogP contribution is -2.46. The van der Waals surface area contributed by atoms with Crippen LogP contribution in [0.25, 0.3) is 0 Å². The minimum Gasteiger partial charge on any atom is -0.329 e. The zero-order chi connectivity index (χ0) is 17.3. The van der Waals surface area contributed by atoms with E-state index in [9.17, 15) is 22.8 Å². The van der Waals surface area contributed by atoms with Crippen LogP contribution in [0.4, 0.5) is 18.0 Å². The van der Waals surface area contributed by atoms with E-state index < -0.39 is 24.7 Å². The van der Waals surface area contributed by atoms with Crippen molar-refractivity contribution in [3.63, 3.8) is 0 Å². The molecule has 0 atom stereocenters. The lowest BCUT2D eigenvalue weighted by atomic mass is 10.2. The molecule has 1 aromatic rings. The summed E-state index contributed by atoms with van der Waals surface area (Å²) in [4.78, 5) is 24.8. The average molecular weight is 331 g/mol. The van der Waals surface area contributed by atoms with Gasteiger partial charge in [0.05, 0.1) is 6.54 Å². The number of rotatable bonds is 7. The lowest BCUT2D eigenvalue weighted by Gasteiger charge is -2.21. The van der Waals surface area contributed by atoms with Crippen molar-refractivity contribution in [2.45, 2.75) is 26.1 Å². The van der Waals surface area contributed by atoms with E-state index in [0.29, 0.717) is 13.1 Å². The maximum atomic E-state index is 12.0. The van der Waals surface area contributed by atoms with Gasteiger partial charge in [-0.15, -0.1) is 0 Å². The predicted octanol–water partition coefficient (Wildman–Crippen LogP) is 2.29. The molecular formula is C15H20F3N3O2. The van der Waals surface area contributed by atoms with E-state index >= 15 is 0 Å². The smallest absolute Gasteiger partial charge is 0.329 e. The van der Waals surface area contributed by atoms with Gasteiger partial charge in [-0.05, 0) is 18.5 Å². The Morgan fingerprint density at radius 1 is 1.17 bits per heavy atom. The molecular weight excluding hydrogens is 311 g/mol. The van der Waals surface area contributed by atoms with E-state index in [4.69, 9.17) is 0 Å². The first-order valence-corrected chi connectivity index (χ1v) is 7.21. The maximum Gasteiger partial charge on any atom is 0.405 e. The quantitative estimate of drug-likeness (QED) is 0.806. The summed E-state index contributed by atoms with van der Waals surface area (Å²) in [5.41, 5.74) is 1.01. The Morgan fingerprint density at radius 2 is 1.83 bits per heavy atom. The van der Waals surface area contributed by atoms with Crippen LogP contribution in [0, 0.1) is 0 Å². The highest BCUT2D eigenvalue weighted by Crippen LogP contribution is 2.11. The molecule has 23 heavy (non-hydrogen) atoms. The number of alkyl halides is 3. The number of carbonyl (C=O) groups excluding carboxylic acids is 2. The van der Waals surface area contributed by atoms with Crippen LogP contribution in [0.2, 0.25) is 0 Å². The van der Waals surface area contributed by atoms with Gasteiger partial charge in [0.2, 0.25) is 5.91 Å². The molecule has 0 aliphatic heterocycles. The van der Waals surface area contributed by atoms with Crippen LogP contribution in [-0.2, 0) is 11.3 Å². The van der Waals surface area contributed by atoms with Crippen molar-refractivity contribution in [2.24, 2.45) is 0 Å². The largest absolute Gasteiger partial charge is 0.405 e. The second kappa shape index (κ2) is 9.14. The Labute approximate surface area is 132 Å². The molecule has 0 heterocycles. The zero-order valence-electron chi connectivity index (χ0n) is 12.8. The minimum absolute atomic E-state index is 0.0673. The summed E-state index contributed by atoms with van der Waals surface area (Å²) in [6.07, 6.45) is -3.71. The lowest BCUT2D eigenvalue weighted by molar-refractivity contribution is -0.125. The molecule has 1 rings (SSSR count). The summed E-state index contributed by atoms with van der Waals surface area (Å²) in [5.74, 6) is -0.644. The number of urea groups is 1. The fourth-order valence-electron chi connectivity index (χ4n) is 1.97. The SMILES string of the molecule is CCCN(CC(=O)NC(=O)NCC(F)(F)F)Cc1ccccc1. The van der Waals surface area contributed by atoms with E-state index in [1.807, 2.05) is 47.5 Å². The number of amides is 3. The number of carbonyl (C=O) groups is 2. The average Bonchev–Trinajstić information content (AvgIpc) is 2.45. The highest BCUT2D eigenvalue weighted by atomic mass is 19.4. The van der Waals surface area contributed by atoms with Gasteiger partial charge in [0, 0.05) is 6.54 Å². The predicted molar refractivity (Wildman–Crippen MR) is 79.6 cm³/mol. The van der Waals surface area contributed by atoms with Crippen molar-refractivity contribution in [3.05, 3.63) is 35.9 Å². The zero-order valence-corrected chi connectivity index (χ0v) is 12.8. The van der Waals surface area contributed by atoms with Crippen molar-refractivity contribution in [1.82, 2.24) is 15.5 Å². The number of imide groups is 1. The molecule has 2 N–H and O–H groups in total. The van der Waals surface area contributed by atoms with Gasteiger partial charge in [0.25, 0.3) is 0 Å². The fraction of sp³-hybridized carbons (Fsp3) is 0.467. The topological polar surface area (TPSA) is 61.4 Å². The first-order valence-electron chi connectivity index (χ1n) is 7.21. The molecule has 128 valence electrons. The van der Waals surface area contributed by atoms with E-state index in [0.717, 1.165) is 12.0 Å². The molecule has 1 aromatic carbocycles. The first-order chi connectivity index (χ1) is 10.8. The molecule has 0 saturated carbocycles. The molecule has 0 spiro atoms. The van der Waals surface area contributed by atoms with Crippen molar-refractivity contribution >= 4 is 11.9 Å². The summed E-state index contributed by atoms with van der Waals surface area (Å²) in [7, 11) is 0. The first kappa shape index (κ1) is 19.0. The van der Waals surface area contributed by atoms with E-state index in [-0.39, 0.29) is 6.54 Å². The van der Waals surface area contributed by atoms with Gasteiger partial charge >= 0.3 is 12.2 Å². The Bertz CT molecular complexity index is 506. The van der Waals surface area contributed by atoms with Crippen LogP contribution >= 0.6 is 0 Å². The van der Waals surface area contributed by atoms with E-state index in [1.165, 1.54) is 0 Å². The van der Waals surface area contributed by atoms with Gasteiger partial charge in [-0.3, -0.25) is 15.0 Å². The number of nitrogens with zero attached hydrogens (tertiary/aromatic N) is 1. The van der Waals surface area contributed by atoms with Crippen molar-refractivity contribution in [1.29, 1.82) is 0 Å². The van der Waals surface area contributed by atoms with Gasteiger partial charge in [0.15, 0.2) is 0 Å². The molecule has 0 aromatic heterocycles. The Hall–Kier alpha value is -2.09. The molecule has 0 fully saturated rings. The molecule has 0 aliphatic carbocycles. The van der Waals surface area contributed by atoms with Crippen molar-refractivity contribution in [2.75, 3.05) is 19.6 Å². The monoisotopic (exact) mass is 331 g/mol. The second-order valence-corrected chi connectivity index (χ2v) is 5.04. The molecule has 0 saturated heterocycles. The summed E-state index contributed by atoms with van der Waals surface area (Å²) < 4.78 is 35.9. The highest BCUT2D eigenvalue weighted by Gasteiger charge is 2.28. The van der Waals surface area contributed by atoms with Gasteiger partial charge in [0.1, 0.15) is 6.54 Å². The standard InChI is InChI=1S/C15H20F3N3O2/c1-2-8-21(9-12-6-4-3-5-7-12)10-13(22)20-14(23)19-11-15(16,17)18/h3-7H,2,8-11H2,1H3,(H2,19,20,22,23). The van der Waals surface area contributed by atoms with Gasteiger partial charge in [-0.25, -0.2) is 4.79 Å². The van der Waals surface area contributed by atoms with Crippen LogP contribution in [0.15, 0.2) is 30.3 Å². The maximum absolute atomic E-state index is 12.0. The number of hydrogen-bond donors (Lipinski definition) is 2. The normalized spacial score (nSPS) is 11.3. The van der Waals surface area contributed by atoms with Gasteiger partial charge in [-0.2, -0.15) is 13.2 Å². The molecule has 0 unspecified atom stereocenters. The molecule has 3 amide bonds. The van der Waals surface area contributed by atoms with Crippen molar-refractivity contribution < 1.29 is 22.8 Å². The Morgan fingerprint density at radius 3 is 2.39 bits per heavy atom. The summed E-state index contributed by atoms with van der Waals surface area (Å²) in [5, 5.41) is 3.49. The number of benzene rings is 1. The molecule has 8 heteroatoms. The minimum atomic E-state index is -4.51. The highest BCUT2D eigenvalue weighted by molar-refractivity contribution is 5.95. The third kappa shape index (κ3) is 8.82. The summed E-state index contributed by atoms with van der Waals surface area (Å²) in [6, 6.07) is 8.32. The third-order valence-electron chi connectivity index (χ3n) is 2.86. The third-order valence-corrected chi connectivity index (χ3v) is 2.86. The van der Waals surface area contributed by atoms with E-state index in [1.54, 1.807) is 5.32 Å². The second-order valence-electron chi connectivity index (χ2n) is 5.04. The molecule has 0 aliphatic rings. The Balaban J connectivity index is 2.46. The molecule has 5 nitrogen and oxygen atoms in total. The molecule has 0 bridgehead atoms. The fourth-order valence-corrected chi connectivity index (χ4v) is 1.97. The number of halogens is 3. The van der Waals surface area contributed by atoms with Crippen LogP contribution in [0.1, 0.15) is 18.9 Å². The van der Waals surface area contributed by atoms with Gasteiger partial charge < -0.3 is 5.32 Å². The van der Waals surface area contributed by atoms with Crippen molar-refractivity contribution in [3.8, 4) is 0 Å². The van der Waals surface area contributed by atoms with Gasteiger partial charge in [-0.1, -0.05) is 37.3 Å². The number of nitrogens with one attached hydrogen (secondary N) is 2.